The molecule has 22 heteroatoms. The second-order valence-corrected chi connectivity index (χ2v) is 14.6. The van der Waals surface area contributed by atoms with E-state index in [1.807, 2.05) is 5.32 Å². The fourth-order valence-electron chi connectivity index (χ4n) is 6.92. The number of hydrogen-bond acceptors (Lipinski definition) is 16. The molecule has 4 rings (SSSR count). The molecule has 3 saturated heterocycles. The lowest BCUT2D eigenvalue weighted by Gasteiger charge is -2.34. The molecule has 0 spiro atoms. The maximum atomic E-state index is 14.0. The number of carbonyl (C=O) groups excluding carboxylic acids is 6. The molecular formula is C34H51N7O15. The summed E-state index contributed by atoms with van der Waals surface area (Å²) in [6.45, 7) is 2.85. The maximum absolute atomic E-state index is 14.0. The van der Waals surface area contributed by atoms with Crippen molar-refractivity contribution in [1.82, 2.24) is 31.1 Å². The minimum atomic E-state index is -2.24. The number of phenolic OH excluding ortho intramolecular Hbond substituents is 1. The number of aromatic hydroxyl groups is 1. The van der Waals surface area contributed by atoms with E-state index in [4.69, 9.17) is 5.73 Å². The van der Waals surface area contributed by atoms with Gasteiger partial charge in [0.25, 0.3) is 0 Å². The van der Waals surface area contributed by atoms with Crippen LogP contribution in [0.25, 0.3) is 0 Å². The highest BCUT2D eigenvalue weighted by molar-refractivity contribution is 5.98. The quantitative estimate of drug-likeness (QED) is 0.132. The predicted octanol–water partition coefficient (Wildman–Crippen LogP) is -7.30. The first-order valence-corrected chi connectivity index (χ1v) is 18.0. The summed E-state index contributed by atoms with van der Waals surface area (Å²) in [6, 6.07) is -6.28. The molecule has 3 aliphatic heterocycles. The number of nitrogens with one attached hydrogen (secondary N) is 4. The minimum Gasteiger partial charge on any atom is -0.508 e. The van der Waals surface area contributed by atoms with Crippen molar-refractivity contribution < 1.29 is 74.7 Å². The Balaban J connectivity index is 1.80. The highest BCUT2D eigenvalue weighted by atomic mass is 16.3. The summed E-state index contributed by atoms with van der Waals surface area (Å²) < 4.78 is 0. The molecule has 3 aliphatic rings. The molecule has 6 amide bonds. The maximum Gasteiger partial charge on any atom is 0.248 e. The zero-order chi connectivity index (χ0) is 41.9. The molecule has 15 N–H and O–H groups in total. The Hall–Kier alpha value is -4.52. The third-order valence-electron chi connectivity index (χ3n) is 10.2. The van der Waals surface area contributed by atoms with Gasteiger partial charge < -0.3 is 82.8 Å². The molecular weight excluding hydrogens is 746 g/mol. The summed E-state index contributed by atoms with van der Waals surface area (Å²) in [7, 11) is 0. The second kappa shape index (κ2) is 18.2. The molecule has 56 heavy (non-hydrogen) atoms. The summed E-state index contributed by atoms with van der Waals surface area (Å²) in [6.07, 6.45) is -15.8. The lowest BCUT2D eigenvalue weighted by molar-refractivity contribution is -0.148. The number of benzene rings is 1. The van der Waals surface area contributed by atoms with E-state index in [2.05, 4.69) is 16.0 Å². The van der Waals surface area contributed by atoms with Crippen LogP contribution >= 0.6 is 0 Å². The largest absolute Gasteiger partial charge is 0.508 e. The number of aliphatic hydroxyl groups excluding tert-OH is 8. The highest BCUT2D eigenvalue weighted by Gasteiger charge is 2.50. The molecule has 0 aliphatic carbocycles. The Kier molecular flexibility index (Phi) is 14.3. The van der Waals surface area contributed by atoms with Crippen LogP contribution < -0.4 is 27.0 Å². The summed E-state index contributed by atoms with van der Waals surface area (Å²) in [5.41, 5.74) is 5.88. The van der Waals surface area contributed by atoms with Crippen molar-refractivity contribution in [3.63, 3.8) is 0 Å². The Bertz CT molecular complexity index is 1620. The van der Waals surface area contributed by atoms with Crippen LogP contribution in [0.4, 0.5) is 0 Å². The van der Waals surface area contributed by atoms with Gasteiger partial charge in [-0.2, -0.15) is 0 Å². The fourth-order valence-corrected chi connectivity index (χ4v) is 6.92. The molecule has 3 fully saturated rings. The first-order valence-electron chi connectivity index (χ1n) is 18.0. The zero-order valence-corrected chi connectivity index (χ0v) is 30.7. The van der Waals surface area contributed by atoms with Crippen molar-refractivity contribution >= 4 is 35.4 Å². The number of carbonyl (C=O) groups is 6. The van der Waals surface area contributed by atoms with Crippen molar-refractivity contribution in [3.05, 3.63) is 29.8 Å². The topological polar surface area (TPSA) is 365 Å². The van der Waals surface area contributed by atoms with Crippen LogP contribution in [-0.2, 0) is 28.8 Å². The van der Waals surface area contributed by atoms with E-state index in [1.54, 1.807) is 0 Å². The Morgan fingerprint density at radius 3 is 1.80 bits per heavy atom. The van der Waals surface area contributed by atoms with Crippen LogP contribution in [0.2, 0.25) is 0 Å². The third-order valence-corrected chi connectivity index (χ3v) is 10.2. The number of aliphatic hydroxyl groups is 8. The summed E-state index contributed by atoms with van der Waals surface area (Å²) >= 11 is 0. The van der Waals surface area contributed by atoms with E-state index in [9.17, 15) is 74.7 Å². The number of amides is 6. The molecule has 14 unspecified atom stereocenters. The SMILES string of the molecule is CC(O)C1NC(=O)C(N)CC(O)C(O)NC(=O)C2C(O)C(C)CN2C(=O)C([C@H](C)O)NC(=O)C(C(O)C(O)c2ccc(O)cc2)NC(=O)C2CC(O)CN2C1=O. The standard InChI is InChI=1S/C34H51N7O15/c1-12-10-41-24(25(12)47)32(54)39-30(52)20(46)9-18(35)28(50)36-21(13(2)42)33(55)40-11-17(45)8-19(40)29(51)38-23(31(53)37-22(14(3)43)34(41)56)27(49)26(48)15-4-6-16(44)7-5-15/h4-7,12-14,17-27,30,42-49,52H,8-11,35H2,1-3H3,(H,36,50)(H,37,53)(H,38,51)(H,39,54)/t12?,13?,14-,17?,18?,19?,20?,21?,22?,23?,24?,25?,26?,27?,30?/m0/s1. The molecule has 0 aromatic heterocycles. The molecule has 1 aromatic carbocycles. The first kappa shape index (κ1) is 44.2. The van der Waals surface area contributed by atoms with Crippen molar-refractivity contribution in [2.45, 2.75) is 119 Å². The van der Waals surface area contributed by atoms with E-state index < -0.39 is 146 Å². The van der Waals surface area contributed by atoms with Gasteiger partial charge in [0, 0.05) is 31.8 Å². The lowest BCUT2D eigenvalue weighted by Crippen LogP contribution is -2.64. The van der Waals surface area contributed by atoms with Gasteiger partial charge in [0.15, 0.2) is 6.23 Å². The van der Waals surface area contributed by atoms with Crippen LogP contribution in [-0.4, -0.2) is 183 Å². The normalized spacial score (nSPS) is 35.2. The molecule has 312 valence electrons. The third kappa shape index (κ3) is 9.70. The Labute approximate surface area is 320 Å². The van der Waals surface area contributed by atoms with E-state index in [-0.39, 0.29) is 17.9 Å². The van der Waals surface area contributed by atoms with Gasteiger partial charge in [0.05, 0.1) is 30.5 Å². The predicted molar refractivity (Wildman–Crippen MR) is 188 cm³/mol. The summed E-state index contributed by atoms with van der Waals surface area (Å²) in [4.78, 5) is 83.9. The average Bonchev–Trinajstić information content (AvgIpc) is 3.68. The van der Waals surface area contributed by atoms with E-state index in [0.29, 0.717) is 0 Å². The molecule has 3 heterocycles. The lowest BCUT2D eigenvalue weighted by atomic mass is 9.96. The molecule has 0 bridgehead atoms. The van der Waals surface area contributed by atoms with Crippen molar-refractivity contribution in [2.75, 3.05) is 13.1 Å². The fraction of sp³-hybridized carbons (Fsp3) is 0.647. The highest BCUT2D eigenvalue weighted by Crippen LogP contribution is 2.27. The molecule has 22 nitrogen and oxygen atoms in total. The summed E-state index contributed by atoms with van der Waals surface area (Å²) in [5.74, 6) is -8.12. The number of nitrogens with two attached hydrogens (primary N) is 1. The van der Waals surface area contributed by atoms with Crippen LogP contribution in [0.1, 0.15) is 45.3 Å². The number of phenols is 1. The molecule has 1 aromatic rings. The number of fused-ring (bicyclic) bond motifs is 2. The van der Waals surface area contributed by atoms with Gasteiger partial charge in [-0.15, -0.1) is 0 Å². The van der Waals surface area contributed by atoms with Crippen LogP contribution in [0, 0.1) is 5.92 Å². The zero-order valence-electron chi connectivity index (χ0n) is 30.7. The molecule has 0 saturated carbocycles. The van der Waals surface area contributed by atoms with Crippen molar-refractivity contribution in [2.24, 2.45) is 11.7 Å². The smallest absolute Gasteiger partial charge is 0.248 e. The summed E-state index contributed by atoms with van der Waals surface area (Å²) in [5, 5.41) is 105. The van der Waals surface area contributed by atoms with Crippen LogP contribution in [0.5, 0.6) is 5.75 Å². The van der Waals surface area contributed by atoms with Gasteiger partial charge in [-0.1, -0.05) is 19.1 Å². The van der Waals surface area contributed by atoms with Gasteiger partial charge in [-0.25, -0.2) is 0 Å². The molecule has 0 radical (unpaired) electrons. The van der Waals surface area contributed by atoms with Crippen molar-refractivity contribution in [1.29, 1.82) is 0 Å². The van der Waals surface area contributed by atoms with Gasteiger partial charge >= 0.3 is 0 Å². The molecule has 15 atom stereocenters. The first-order chi connectivity index (χ1) is 26.1. The minimum absolute atomic E-state index is 0.0501. The van der Waals surface area contributed by atoms with Gasteiger partial charge in [0.2, 0.25) is 35.4 Å². The Morgan fingerprint density at radius 2 is 1.23 bits per heavy atom. The van der Waals surface area contributed by atoms with Gasteiger partial charge in [-0.05, 0) is 31.5 Å². The van der Waals surface area contributed by atoms with Gasteiger partial charge in [0.1, 0.15) is 54.3 Å². The number of hydrogen-bond donors (Lipinski definition) is 14. The van der Waals surface area contributed by atoms with E-state index in [1.165, 1.54) is 19.1 Å². The second-order valence-electron chi connectivity index (χ2n) is 14.6. The van der Waals surface area contributed by atoms with Crippen LogP contribution in [0.3, 0.4) is 0 Å². The Morgan fingerprint density at radius 1 is 0.696 bits per heavy atom. The number of rotatable bonds is 5. The average molecular weight is 798 g/mol. The van der Waals surface area contributed by atoms with Crippen molar-refractivity contribution in [3.8, 4) is 5.75 Å². The van der Waals surface area contributed by atoms with Gasteiger partial charge in [-0.3, -0.25) is 28.8 Å². The monoisotopic (exact) mass is 797 g/mol. The van der Waals surface area contributed by atoms with Crippen LogP contribution in [0.15, 0.2) is 24.3 Å². The number of nitrogens with zero attached hydrogens (tertiary/aromatic N) is 2. The van der Waals surface area contributed by atoms with E-state index >= 15 is 0 Å². The van der Waals surface area contributed by atoms with E-state index in [0.717, 1.165) is 35.8 Å².